The van der Waals surface area contributed by atoms with Crippen LogP contribution in [-0.4, -0.2) is 38.1 Å². The topological polar surface area (TPSA) is 60.0 Å². The van der Waals surface area contributed by atoms with Gasteiger partial charge in [-0.2, -0.15) is 0 Å². The van der Waals surface area contributed by atoms with Crippen LogP contribution in [0.1, 0.15) is 18.1 Å². The van der Waals surface area contributed by atoms with E-state index in [0.29, 0.717) is 55.0 Å². The van der Waals surface area contributed by atoms with Gasteiger partial charge in [0.05, 0.1) is 31.5 Å². The van der Waals surface area contributed by atoms with Gasteiger partial charge in [-0.1, -0.05) is 29.8 Å². The number of hydrogen-bond donors (Lipinski definition) is 2. The molecule has 156 valence electrons. The number of rotatable bonds is 12. The summed E-state index contributed by atoms with van der Waals surface area (Å²) >= 11 is 6.38. The van der Waals surface area contributed by atoms with E-state index in [4.69, 9.17) is 30.9 Å². The zero-order valence-corrected chi connectivity index (χ0v) is 17.3. The maximum atomic E-state index is 13.8. The van der Waals surface area contributed by atoms with Crippen LogP contribution in [0.15, 0.2) is 36.4 Å². The molecular weight excluding hydrogens is 408 g/mol. The maximum absolute atomic E-state index is 13.8. The fourth-order valence-electron chi connectivity index (χ4n) is 2.44. The molecule has 0 radical (unpaired) electrons. The molecule has 28 heavy (non-hydrogen) atoms. The molecule has 0 aliphatic carbocycles. The fraction of sp³-hybridized carbons (Fsp3) is 0.400. The molecule has 0 unspecified atom stereocenters. The molecule has 0 saturated heterocycles. The molecule has 0 spiro atoms. The highest BCUT2D eigenvalue weighted by Crippen LogP contribution is 2.37. The van der Waals surface area contributed by atoms with Gasteiger partial charge in [0, 0.05) is 18.7 Å². The van der Waals surface area contributed by atoms with E-state index in [1.54, 1.807) is 24.3 Å². The van der Waals surface area contributed by atoms with E-state index in [0.717, 1.165) is 5.56 Å². The van der Waals surface area contributed by atoms with Gasteiger partial charge < -0.3 is 24.6 Å². The Morgan fingerprint density at radius 1 is 1.14 bits per heavy atom. The first kappa shape index (κ1) is 24.5. The largest absolute Gasteiger partial charge is 0.490 e. The lowest BCUT2D eigenvalue weighted by molar-refractivity contribution is 0.0938. The average molecular weight is 434 g/mol. The van der Waals surface area contributed by atoms with E-state index >= 15 is 0 Å². The molecule has 0 amide bonds. The normalized spacial score (nSPS) is 10.4. The van der Waals surface area contributed by atoms with Gasteiger partial charge in [0.15, 0.2) is 11.5 Å². The molecule has 2 rings (SSSR count). The standard InChI is InChI=1S/C20H25ClFNO4.ClH/c1-2-26-19-12-15(13-23-7-9-25-10-8-24)11-17(21)20(19)27-14-16-5-3-4-6-18(16)22;/h3-6,11-12,23-24H,2,7-10,13-14H2,1H3;1H. The fourth-order valence-corrected chi connectivity index (χ4v) is 2.72. The SMILES string of the molecule is CCOc1cc(CNCCOCCO)cc(Cl)c1OCc1ccccc1F.Cl. The molecule has 0 bridgehead atoms. The number of aliphatic hydroxyl groups is 1. The Balaban J connectivity index is 0.00000392. The zero-order chi connectivity index (χ0) is 19.5. The van der Waals surface area contributed by atoms with Crippen LogP contribution in [0.5, 0.6) is 11.5 Å². The summed E-state index contributed by atoms with van der Waals surface area (Å²) < 4.78 is 30.4. The summed E-state index contributed by atoms with van der Waals surface area (Å²) in [5, 5.41) is 12.3. The van der Waals surface area contributed by atoms with Gasteiger partial charge in [0.25, 0.3) is 0 Å². The summed E-state index contributed by atoms with van der Waals surface area (Å²) in [6.45, 7) is 4.47. The average Bonchev–Trinajstić information content (AvgIpc) is 2.65. The van der Waals surface area contributed by atoms with Crippen molar-refractivity contribution in [3.8, 4) is 11.5 Å². The minimum atomic E-state index is -0.323. The molecule has 0 heterocycles. The Hall–Kier alpha value is -1.57. The summed E-state index contributed by atoms with van der Waals surface area (Å²) in [4.78, 5) is 0. The van der Waals surface area contributed by atoms with Crippen molar-refractivity contribution in [3.63, 3.8) is 0 Å². The molecular formula is C20H26Cl2FNO4. The van der Waals surface area contributed by atoms with Gasteiger partial charge in [-0.25, -0.2) is 4.39 Å². The van der Waals surface area contributed by atoms with Crippen molar-refractivity contribution in [1.82, 2.24) is 5.32 Å². The molecule has 0 aromatic heterocycles. The lowest BCUT2D eigenvalue weighted by atomic mass is 10.2. The first-order chi connectivity index (χ1) is 13.2. The van der Waals surface area contributed by atoms with Crippen LogP contribution in [0.4, 0.5) is 4.39 Å². The highest BCUT2D eigenvalue weighted by atomic mass is 35.5. The minimum absolute atomic E-state index is 0. The van der Waals surface area contributed by atoms with Crippen LogP contribution < -0.4 is 14.8 Å². The van der Waals surface area contributed by atoms with Crippen molar-refractivity contribution >= 4 is 24.0 Å². The molecule has 0 saturated carbocycles. The first-order valence-corrected chi connectivity index (χ1v) is 9.24. The van der Waals surface area contributed by atoms with Crippen LogP contribution in [0.25, 0.3) is 0 Å². The number of nitrogens with one attached hydrogen (secondary N) is 1. The summed E-state index contributed by atoms with van der Waals surface area (Å²) in [5.41, 5.74) is 1.38. The van der Waals surface area contributed by atoms with E-state index in [9.17, 15) is 4.39 Å². The smallest absolute Gasteiger partial charge is 0.180 e. The lowest BCUT2D eigenvalue weighted by Crippen LogP contribution is -2.20. The Bertz CT molecular complexity index is 719. The summed E-state index contributed by atoms with van der Waals surface area (Å²) in [7, 11) is 0. The second-order valence-electron chi connectivity index (χ2n) is 5.73. The first-order valence-electron chi connectivity index (χ1n) is 8.86. The van der Waals surface area contributed by atoms with Crippen LogP contribution in [-0.2, 0) is 17.9 Å². The Morgan fingerprint density at radius 3 is 2.64 bits per heavy atom. The predicted molar refractivity (Wildman–Crippen MR) is 110 cm³/mol. The van der Waals surface area contributed by atoms with Gasteiger partial charge in [0.1, 0.15) is 12.4 Å². The van der Waals surface area contributed by atoms with E-state index in [2.05, 4.69) is 5.32 Å². The quantitative estimate of drug-likeness (QED) is 0.495. The van der Waals surface area contributed by atoms with Gasteiger partial charge in [0.2, 0.25) is 0 Å². The molecule has 5 nitrogen and oxygen atoms in total. The van der Waals surface area contributed by atoms with E-state index < -0.39 is 0 Å². The van der Waals surface area contributed by atoms with Crippen LogP contribution in [0.3, 0.4) is 0 Å². The monoisotopic (exact) mass is 433 g/mol. The third-order valence-electron chi connectivity index (χ3n) is 3.69. The Kier molecular flexibility index (Phi) is 11.9. The summed E-state index contributed by atoms with van der Waals surface area (Å²) in [6.07, 6.45) is 0. The molecule has 2 aromatic carbocycles. The van der Waals surface area contributed by atoms with E-state index in [1.165, 1.54) is 6.07 Å². The van der Waals surface area contributed by atoms with Crippen molar-refractivity contribution in [2.24, 2.45) is 0 Å². The second kappa shape index (κ2) is 13.6. The van der Waals surface area contributed by atoms with Crippen LogP contribution in [0.2, 0.25) is 5.02 Å². The molecule has 2 N–H and O–H groups in total. The number of benzene rings is 2. The highest BCUT2D eigenvalue weighted by molar-refractivity contribution is 6.32. The Labute approximate surface area is 176 Å². The predicted octanol–water partition coefficient (Wildman–Crippen LogP) is 3.98. The number of ether oxygens (including phenoxy) is 3. The van der Waals surface area contributed by atoms with Crippen molar-refractivity contribution in [2.75, 3.05) is 33.0 Å². The maximum Gasteiger partial charge on any atom is 0.180 e. The molecule has 0 aliphatic heterocycles. The molecule has 0 atom stereocenters. The zero-order valence-electron chi connectivity index (χ0n) is 15.7. The summed E-state index contributed by atoms with van der Waals surface area (Å²) in [6, 6.07) is 10.1. The highest BCUT2D eigenvalue weighted by Gasteiger charge is 2.14. The molecule has 8 heteroatoms. The molecule has 2 aromatic rings. The van der Waals surface area contributed by atoms with Gasteiger partial charge >= 0.3 is 0 Å². The third kappa shape index (κ3) is 7.81. The van der Waals surface area contributed by atoms with Crippen LogP contribution >= 0.6 is 24.0 Å². The Morgan fingerprint density at radius 2 is 1.93 bits per heavy atom. The summed E-state index contributed by atoms with van der Waals surface area (Å²) in [5.74, 6) is 0.599. The minimum Gasteiger partial charge on any atom is -0.490 e. The van der Waals surface area contributed by atoms with Crippen molar-refractivity contribution in [1.29, 1.82) is 0 Å². The van der Waals surface area contributed by atoms with Crippen LogP contribution in [0, 0.1) is 5.82 Å². The second-order valence-corrected chi connectivity index (χ2v) is 6.14. The van der Waals surface area contributed by atoms with Gasteiger partial charge in [-0.15, -0.1) is 12.4 Å². The third-order valence-corrected chi connectivity index (χ3v) is 3.97. The van der Waals surface area contributed by atoms with Crippen molar-refractivity contribution in [3.05, 3.63) is 58.4 Å². The van der Waals surface area contributed by atoms with Gasteiger partial charge in [-0.3, -0.25) is 0 Å². The number of hydrogen-bond acceptors (Lipinski definition) is 5. The number of aliphatic hydroxyl groups excluding tert-OH is 1. The van der Waals surface area contributed by atoms with E-state index in [1.807, 2.05) is 13.0 Å². The lowest BCUT2D eigenvalue weighted by Gasteiger charge is -2.16. The molecule has 0 aliphatic rings. The van der Waals surface area contributed by atoms with Gasteiger partial charge in [-0.05, 0) is 30.7 Å². The van der Waals surface area contributed by atoms with Crippen molar-refractivity contribution in [2.45, 2.75) is 20.1 Å². The van der Waals surface area contributed by atoms with E-state index in [-0.39, 0.29) is 31.4 Å². The number of halogens is 3. The van der Waals surface area contributed by atoms with Crippen molar-refractivity contribution < 1.29 is 23.7 Å². The molecule has 0 fully saturated rings.